The molecule has 0 rings (SSSR count). The van der Waals surface area contributed by atoms with Crippen molar-refractivity contribution in [3.8, 4) is 0 Å². The highest BCUT2D eigenvalue weighted by Crippen LogP contribution is 2.04. The Morgan fingerprint density at radius 3 is 1.92 bits per heavy atom. The molecule has 0 heterocycles. The SMILES string of the molecule is CCC(=O)N(C(=O)N(C)C)C(C)C. The molecule has 0 aromatic heterocycles. The van der Waals surface area contributed by atoms with E-state index in [0.29, 0.717) is 6.42 Å². The van der Waals surface area contributed by atoms with Gasteiger partial charge in [0.05, 0.1) is 0 Å². The number of carbonyl (C=O) groups is 2. The molecule has 4 heteroatoms. The van der Waals surface area contributed by atoms with E-state index in [1.54, 1.807) is 21.0 Å². The van der Waals surface area contributed by atoms with Crippen LogP contribution in [0.1, 0.15) is 27.2 Å². The summed E-state index contributed by atoms with van der Waals surface area (Å²) in [7, 11) is 3.28. The molecule has 0 atom stereocenters. The summed E-state index contributed by atoms with van der Waals surface area (Å²) in [5, 5.41) is 0. The van der Waals surface area contributed by atoms with Gasteiger partial charge in [0.25, 0.3) is 0 Å². The number of amides is 3. The van der Waals surface area contributed by atoms with Crippen LogP contribution in [0.5, 0.6) is 0 Å². The van der Waals surface area contributed by atoms with Crippen LogP contribution in [0, 0.1) is 0 Å². The Balaban J connectivity index is 4.61. The number of hydrogen-bond donors (Lipinski definition) is 0. The molecule has 4 nitrogen and oxygen atoms in total. The summed E-state index contributed by atoms with van der Waals surface area (Å²) >= 11 is 0. The fourth-order valence-electron chi connectivity index (χ4n) is 1.00. The third-order valence-corrected chi connectivity index (χ3v) is 1.68. The molecule has 0 bridgehead atoms. The molecule has 0 saturated carbocycles. The minimum atomic E-state index is -0.248. The van der Waals surface area contributed by atoms with Crippen LogP contribution >= 0.6 is 0 Å². The van der Waals surface area contributed by atoms with Crippen molar-refractivity contribution in [2.24, 2.45) is 0 Å². The zero-order valence-corrected chi connectivity index (χ0v) is 9.00. The van der Waals surface area contributed by atoms with Gasteiger partial charge in [-0.15, -0.1) is 0 Å². The predicted octanol–water partition coefficient (Wildman–Crippen LogP) is 1.31. The average molecular weight is 186 g/mol. The minimum Gasteiger partial charge on any atom is -0.330 e. The summed E-state index contributed by atoms with van der Waals surface area (Å²) in [6.07, 6.45) is 0.359. The molecule has 0 N–H and O–H groups in total. The van der Waals surface area contributed by atoms with Gasteiger partial charge in [-0.1, -0.05) is 6.92 Å². The summed E-state index contributed by atoms with van der Waals surface area (Å²) in [4.78, 5) is 25.6. The molecule has 0 radical (unpaired) electrons. The van der Waals surface area contributed by atoms with Crippen LogP contribution in [-0.2, 0) is 4.79 Å². The Labute approximate surface area is 79.5 Å². The second-order valence-corrected chi connectivity index (χ2v) is 3.39. The molecule has 0 aromatic rings. The van der Waals surface area contributed by atoms with E-state index in [0.717, 1.165) is 0 Å². The normalized spacial score (nSPS) is 10.0. The molecule has 0 saturated heterocycles. The lowest BCUT2D eigenvalue weighted by Gasteiger charge is -2.27. The lowest BCUT2D eigenvalue weighted by atomic mass is 10.3. The first kappa shape index (κ1) is 11.9. The zero-order valence-electron chi connectivity index (χ0n) is 9.00. The van der Waals surface area contributed by atoms with E-state index < -0.39 is 0 Å². The topological polar surface area (TPSA) is 40.6 Å². The quantitative estimate of drug-likeness (QED) is 0.652. The fraction of sp³-hybridized carbons (Fsp3) is 0.778. The largest absolute Gasteiger partial charge is 0.330 e. The first-order valence-electron chi connectivity index (χ1n) is 4.45. The van der Waals surface area contributed by atoms with Crippen molar-refractivity contribution in [3.05, 3.63) is 0 Å². The third kappa shape index (κ3) is 3.05. The average Bonchev–Trinajstić information content (AvgIpc) is 2.03. The van der Waals surface area contributed by atoms with Gasteiger partial charge in [0, 0.05) is 26.6 Å². The molecule has 0 unspecified atom stereocenters. The van der Waals surface area contributed by atoms with Crippen LogP contribution in [0.15, 0.2) is 0 Å². The Kier molecular flexibility index (Phi) is 4.45. The van der Waals surface area contributed by atoms with Gasteiger partial charge in [0.2, 0.25) is 5.91 Å². The van der Waals surface area contributed by atoms with Gasteiger partial charge < -0.3 is 4.90 Å². The van der Waals surface area contributed by atoms with Crippen molar-refractivity contribution in [1.82, 2.24) is 9.80 Å². The summed E-state index contributed by atoms with van der Waals surface area (Å²) in [6, 6.07) is -0.329. The van der Waals surface area contributed by atoms with Crippen LogP contribution < -0.4 is 0 Å². The molecule has 13 heavy (non-hydrogen) atoms. The number of urea groups is 1. The molecule has 0 aliphatic heterocycles. The van der Waals surface area contributed by atoms with Gasteiger partial charge in [-0.2, -0.15) is 0 Å². The molecule has 0 aromatic carbocycles. The first-order chi connectivity index (χ1) is 5.91. The van der Waals surface area contributed by atoms with E-state index in [1.807, 2.05) is 13.8 Å². The maximum Gasteiger partial charge on any atom is 0.326 e. The highest BCUT2D eigenvalue weighted by molar-refractivity contribution is 5.94. The Morgan fingerprint density at radius 1 is 1.23 bits per heavy atom. The lowest BCUT2D eigenvalue weighted by Crippen LogP contribution is -2.46. The summed E-state index contributed by atoms with van der Waals surface area (Å²) in [5.74, 6) is -0.131. The second-order valence-electron chi connectivity index (χ2n) is 3.39. The molecular weight excluding hydrogens is 168 g/mol. The Hall–Kier alpha value is -1.06. The number of imide groups is 1. The minimum absolute atomic E-state index is 0.0812. The number of nitrogens with zero attached hydrogens (tertiary/aromatic N) is 2. The van der Waals surface area contributed by atoms with Crippen molar-refractivity contribution in [1.29, 1.82) is 0 Å². The Bertz CT molecular complexity index is 200. The lowest BCUT2D eigenvalue weighted by molar-refractivity contribution is -0.129. The van der Waals surface area contributed by atoms with Crippen LogP contribution in [0.4, 0.5) is 4.79 Å². The van der Waals surface area contributed by atoms with Crippen LogP contribution in [0.25, 0.3) is 0 Å². The Morgan fingerprint density at radius 2 is 1.69 bits per heavy atom. The first-order valence-corrected chi connectivity index (χ1v) is 4.45. The smallest absolute Gasteiger partial charge is 0.326 e. The monoisotopic (exact) mass is 186 g/mol. The zero-order chi connectivity index (χ0) is 10.6. The van der Waals surface area contributed by atoms with E-state index in [9.17, 15) is 9.59 Å². The maximum atomic E-state index is 11.5. The summed E-state index contributed by atoms with van der Waals surface area (Å²) in [5.41, 5.74) is 0. The highest BCUT2D eigenvalue weighted by Gasteiger charge is 2.23. The molecular formula is C9H18N2O2. The van der Waals surface area contributed by atoms with Crippen molar-refractivity contribution in [2.45, 2.75) is 33.2 Å². The second kappa shape index (κ2) is 4.84. The van der Waals surface area contributed by atoms with Crippen molar-refractivity contribution in [3.63, 3.8) is 0 Å². The maximum absolute atomic E-state index is 11.5. The van der Waals surface area contributed by atoms with Crippen LogP contribution in [0.3, 0.4) is 0 Å². The van der Waals surface area contributed by atoms with E-state index in [4.69, 9.17) is 0 Å². The molecule has 3 amide bonds. The number of rotatable bonds is 2. The van der Waals surface area contributed by atoms with Crippen molar-refractivity contribution in [2.75, 3.05) is 14.1 Å². The molecule has 76 valence electrons. The fourth-order valence-corrected chi connectivity index (χ4v) is 1.00. The number of hydrogen-bond acceptors (Lipinski definition) is 2. The summed E-state index contributed by atoms with van der Waals surface area (Å²) in [6.45, 7) is 5.41. The van der Waals surface area contributed by atoms with Gasteiger partial charge in [-0.3, -0.25) is 9.69 Å². The van der Waals surface area contributed by atoms with E-state index >= 15 is 0 Å². The van der Waals surface area contributed by atoms with Crippen molar-refractivity contribution < 1.29 is 9.59 Å². The van der Waals surface area contributed by atoms with E-state index in [2.05, 4.69) is 0 Å². The van der Waals surface area contributed by atoms with E-state index in [-0.39, 0.29) is 18.0 Å². The third-order valence-electron chi connectivity index (χ3n) is 1.68. The van der Waals surface area contributed by atoms with Crippen molar-refractivity contribution >= 4 is 11.9 Å². The van der Waals surface area contributed by atoms with Crippen LogP contribution in [0.2, 0.25) is 0 Å². The van der Waals surface area contributed by atoms with Gasteiger partial charge in [0.1, 0.15) is 0 Å². The summed E-state index contributed by atoms with van der Waals surface area (Å²) < 4.78 is 0. The number of carbonyl (C=O) groups excluding carboxylic acids is 2. The van der Waals surface area contributed by atoms with Crippen LogP contribution in [-0.4, -0.2) is 41.9 Å². The predicted molar refractivity (Wildman–Crippen MR) is 51.4 cm³/mol. The molecule has 0 aliphatic rings. The standard InChI is InChI=1S/C9H18N2O2/c1-6-8(12)11(7(2)3)9(13)10(4)5/h7H,6H2,1-5H3. The van der Waals surface area contributed by atoms with Gasteiger partial charge in [-0.05, 0) is 13.8 Å². The molecule has 0 aliphatic carbocycles. The highest BCUT2D eigenvalue weighted by atomic mass is 16.2. The molecule has 0 spiro atoms. The van der Waals surface area contributed by atoms with Gasteiger partial charge >= 0.3 is 6.03 Å². The van der Waals surface area contributed by atoms with Gasteiger partial charge in [-0.25, -0.2) is 4.79 Å². The van der Waals surface area contributed by atoms with E-state index in [1.165, 1.54) is 9.80 Å². The molecule has 0 fully saturated rings. The van der Waals surface area contributed by atoms with Gasteiger partial charge in [0.15, 0.2) is 0 Å².